The number of aromatic nitrogens is 3. The highest BCUT2D eigenvalue weighted by Crippen LogP contribution is 2.18. The Morgan fingerprint density at radius 3 is 2.71 bits per heavy atom. The average Bonchev–Trinajstić information content (AvgIpc) is 2.85. The molecule has 3 nitrogen and oxygen atoms in total. The van der Waals surface area contributed by atoms with Gasteiger partial charge in [0.05, 0.1) is 11.6 Å². The summed E-state index contributed by atoms with van der Waals surface area (Å²) in [4.78, 5) is 0. The first kappa shape index (κ1) is 12.1. The molecule has 4 heteroatoms. The largest absolute Gasteiger partial charge is 0.252 e. The molecule has 2 rings (SSSR count). The van der Waals surface area contributed by atoms with Crippen LogP contribution in [0.3, 0.4) is 0 Å². The van der Waals surface area contributed by atoms with Gasteiger partial charge in [0.15, 0.2) is 0 Å². The molecule has 1 heterocycles. The van der Waals surface area contributed by atoms with Crippen molar-refractivity contribution in [2.45, 2.75) is 31.7 Å². The summed E-state index contributed by atoms with van der Waals surface area (Å²) in [6.45, 7) is 3.11. The lowest BCUT2D eigenvalue weighted by molar-refractivity contribution is 0.520. The monoisotopic (exact) mass is 249 g/mol. The average molecular weight is 250 g/mol. The highest BCUT2D eigenvalue weighted by molar-refractivity contribution is 6.16. The van der Waals surface area contributed by atoms with E-state index in [1.165, 1.54) is 5.56 Å². The molecule has 1 aromatic carbocycles. The van der Waals surface area contributed by atoms with E-state index < -0.39 is 0 Å². The minimum Gasteiger partial charge on any atom is -0.252 e. The summed E-state index contributed by atoms with van der Waals surface area (Å²) in [6.07, 6.45) is 2.96. The zero-order valence-electron chi connectivity index (χ0n) is 9.88. The summed E-state index contributed by atoms with van der Waals surface area (Å²) in [5, 5.41) is 8.00. The van der Waals surface area contributed by atoms with Gasteiger partial charge >= 0.3 is 0 Å². The second-order valence-electron chi connectivity index (χ2n) is 4.21. The quantitative estimate of drug-likeness (QED) is 0.762. The molecular formula is C13H16ClN3. The molecule has 90 valence electrons. The molecule has 0 aliphatic rings. The molecular weight excluding hydrogens is 234 g/mol. The van der Waals surface area contributed by atoms with Gasteiger partial charge in [-0.3, -0.25) is 4.68 Å². The van der Waals surface area contributed by atoms with Gasteiger partial charge in [-0.1, -0.05) is 42.5 Å². The van der Waals surface area contributed by atoms with Crippen LogP contribution in [0.15, 0.2) is 36.5 Å². The number of nitrogens with zero attached hydrogens (tertiary/aromatic N) is 3. The van der Waals surface area contributed by atoms with Gasteiger partial charge in [0.1, 0.15) is 0 Å². The van der Waals surface area contributed by atoms with Gasteiger partial charge in [-0.05, 0) is 17.9 Å². The fraction of sp³-hybridized carbons (Fsp3) is 0.385. The Labute approximate surface area is 106 Å². The van der Waals surface area contributed by atoms with Gasteiger partial charge in [0.2, 0.25) is 0 Å². The Morgan fingerprint density at radius 1 is 1.29 bits per heavy atom. The summed E-state index contributed by atoms with van der Waals surface area (Å²) in [7, 11) is 0. The van der Waals surface area contributed by atoms with Gasteiger partial charge in [-0.2, -0.15) is 0 Å². The van der Waals surface area contributed by atoms with E-state index in [-0.39, 0.29) is 0 Å². The van der Waals surface area contributed by atoms with Crippen LogP contribution in [-0.2, 0) is 12.4 Å². The lowest BCUT2D eigenvalue weighted by Gasteiger charge is -2.11. The Hall–Kier alpha value is -1.35. The summed E-state index contributed by atoms with van der Waals surface area (Å²) in [5.41, 5.74) is 2.20. The number of aryl methyl sites for hydroxylation is 1. The molecule has 2 aromatic rings. The molecule has 0 fully saturated rings. The van der Waals surface area contributed by atoms with Crippen LogP contribution in [0.1, 0.15) is 30.5 Å². The number of halogens is 1. The van der Waals surface area contributed by atoms with Crippen molar-refractivity contribution in [1.29, 1.82) is 0 Å². The predicted molar refractivity (Wildman–Crippen MR) is 69.1 cm³/mol. The maximum absolute atomic E-state index is 5.68. The SMILES string of the molecule is C[C@@H](CCn1cc(CCl)nn1)c1ccccc1. The second kappa shape index (κ2) is 5.82. The Kier molecular flexibility index (Phi) is 4.15. The molecule has 0 aliphatic carbocycles. The van der Waals surface area contributed by atoms with Crippen LogP contribution in [-0.4, -0.2) is 15.0 Å². The summed E-state index contributed by atoms with van der Waals surface area (Å²) in [5.74, 6) is 0.952. The lowest BCUT2D eigenvalue weighted by Crippen LogP contribution is -2.03. The van der Waals surface area contributed by atoms with E-state index in [9.17, 15) is 0 Å². The van der Waals surface area contributed by atoms with Gasteiger partial charge in [0.25, 0.3) is 0 Å². The number of rotatable bonds is 5. The maximum Gasteiger partial charge on any atom is 0.0974 e. The zero-order valence-corrected chi connectivity index (χ0v) is 10.6. The van der Waals surface area contributed by atoms with Crippen LogP contribution < -0.4 is 0 Å². The molecule has 0 bridgehead atoms. The van der Waals surface area contributed by atoms with E-state index in [0.717, 1.165) is 18.7 Å². The molecule has 1 atom stereocenters. The number of hydrogen-bond donors (Lipinski definition) is 0. The van der Waals surface area contributed by atoms with Crippen molar-refractivity contribution >= 4 is 11.6 Å². The standard InChI is InChI=1S/C13H16ClN3/c1-11(12-5-3-2-4-6-12)7-8-17-10-13(9-14)15-16-17/h2-6,10-11H,7-9H2,1H3/t11-/m0/s1. The van der Waals surface area contributed by atoms with Gasteiger partial charge in [0, 0.05) is 12.7 Å². The summed E-state index contributed by atoms with van der Waals surface area (Å²) < 4.78 is 1.86. The topological polar surface area (TPSA) is 30.7 Å². The summed E-state index contributed by atoms with van der Waals surface area (Å²) >= 11 is 5.68. The summed E-state index contributed by atoms with van der Waals surface area (Å²) in [6, 6.07) is 10.5. The minimum atomic E-state index is 0.425. The van der Waals surface area contributed by atoms with Crippen molar-refractivity contribution in [1.82, 2.24) is 15.0 Å². The Morgan fingerprint density at radius 2 is 2.06 bits per heavy atom. The third-order valence-corrected chi connectivity index (χ3v) is 3.16. The first-order valence-electron chi connectivity index (χ1n) is 5.79. The molecule has 0 aliphatic heterocycles. The Bertz CT molecular complexity index is 453. The van der Waals surface area contributed by atoms with E-state index in [2.05, 4.69) is 41.5 Å². The first-order valence-corrected chi connectivity index (χ1v) is 6.33. The molecule has 1 aromatic heterocycles. The van der Waals surface area contributed by atoms with Crippen molar-refractivity contribution in [2.75, 3.05) is 0 Å². The predicted octanol–water partition coefficient (Wildman–Crippen LogP) is 3.21. The molecule has 0 saturated heterocycles. The molecule has 0 spiro atoms. The Balaban J connectivity index is 1.90. The smallest absolute Gasteiger partial charge is 0.0974 e. The minimum absolute atomic E-state index is 0.425. The van der Waals surface area contributed by atoms with Crippen molar-refractivity contribution < 1.29 is 0 Å². The van der Waals surface area contributed by atoms with Gasteiger partial charge < -0.3 is 0 Å². The van der Waals surface area contributed by atoms with Crippen LogP contribution in [0.4, 0.5) is 0 Å². The normalized spacial score (nSPS) is 12.6. The lowest BCUT2D eigenvalue weighted by atomic mass is 9.98. The zero-order chi connectivity index (χ0) is 12.1. The van der Waals surface area contributed by atoms with Crippen LogP contribution >= 0.6 is 11.6 Å². The van der Waals surface area contributed by atoms with E-state index in [0.29, 0.717) is 11.8 Å². The molecule has 0 saturated carbocycles. The molecule has 0 radical (unpaired) electrons. The van der Waals surface area contributed by atoms with Crippen molar-refractivity contribution in [2.24, 2.45) is 0 Å². The van der Waals surface area contributed by atoms with Crippen LogP contribution in [0, 0.1) is 0 Å². The number of alkyl halides is 1. The van der Waals surface area contributed by atoms with E-state index in [1.807, 2.05) is 16.9 Å². The molecule has 17 heavy (non-hydrogen) atoms. The van der Waals surface area contributed by atoms with E-state index in [4.69, 9.17) is 11.6 Å². The molecule has 0 amide bonds. The van der Waals surface area contributed by atoms with E-state index in [1.54, 1.807) is 0 Å². The van der Waals surface area contributed by atoms with Gasteiger partial charge in [-0.25, -0.2) is 0 Å². The van der Waals surface area contributed by atoms with Crippen molar-refractivity contribution in [3.05, 3.63) is 47.8 Å². The third kappa shape index (κ3) is 3.30. The second-order valence-corrected chi connectivity index (χ2v) is 4.47. The van der Waals surface area contributed by atoms with Crippen LogP contribution in [0.25, 0.3) is 0 Å². The highest BCUT2D eigenvalue weighted by Gasteiger charge is 2.06. The maximum atomic E-state index is 5.68. The fourth-order valence-corrected chi connectivity index (χ4v) is 1.91. The highest BCUT2D eigenvalue weighted by atomic mass is 35.5. The third-order valence-electron chi connectivity index (χ3n) is 2.88. The molecule has 0 N–H and O–H groups in total. The molecule has 0 unspecified atom stereocenters. The fourth-order valence-electron chi connectivity index (χ4n) is 1.78. The van der Waals surface area contributed by atoms with Crippen LogP contribution in [0.5, 0.6) is 0 Å². The van der Waals surface area contributed by atoms with Crippen molar-refractivity contribution in [3.63, 3.8) is 0 Å². The van der Waals surface area contributed by atoms with E-state index >= 15 is 0 Å². The van der Waals surface area contributed by atoms with Crippen molar-refractivity contribution in [3.8, 4) is 0 Å². The van der Waals surface area contributed by atoms with Crippen LogP contribution in [0.2, 0.25) is 0 Å². The van der Waals surface area contributed by atoms with Gasteiger partial charge in [-0.15, -0.1) is 16.7 Å². The number of benzene rings is 1. The number of hydrogen-bond acceptors (Lipinski definition) is 2. The first-order chi connectivity index (χ1) is 8.29.